The monoisotopic (exact) mass is 304 g/mol. The van der Waals surface area contributed by atoms with Crippen molar-refractivity contribution < 1.29 is 9.53 Å². The molecule has 22 heavy (non-hydrogen) atoms. The van der Waals surface area contributed by atoms with E-state index in [0.717, 1.165) is 25.8 Å². The zero-order valence-corrected chi connectivity index (χ0v) is 14.1. The molecule has 2 unspecified atom stereocenters. The van der Waals surface area contributed by atoms with Gasteiger partial charge >= 0.3 is 6.09 Å². The van der Waals surface area contributed by atoms with E-state index in [1.54, 1.807) is 0 Å². The number of ether oxygens (including phenoxy) is 1. The number of alkyl carbamates (subject to hydrolysis) is 1. The van der Waals surface area contributed by atoms with E-state index in [-0.39, 0.29) is 12.1 Å². The van der Waals surface area contributed by atoms with Crippen molar-refractivity contribution in [1.82, 2.24) is 10.6 Å². The zero-order chi connectivity index (χ0) is 16.2. The maximum absolute atomic E-state index is 11.9. The molecule has 1 saturated heterocycles. The van der Waals surface area contributed by atoms with E-state index in [9.17, 15) is 4.79 Å². The van der Waals surface area contributed by atoms with E-state index in [2.05, 4.69) is 41.8 Å². The molecule has 1 heterocycles. The quantitative estimate of drug-likeness (QED) is 0.897. The van der Waals surface area contributed by atoms with Crippen LogP contribution >= 0.6 is 0 Å². The SMILES string of the molecule is CCc1ccc(C2CC(NC(=O)OC(C)(C)C)CCN2)cc1. The van der Waals surface area contributed by atoms with E-state index in [0.29, 0.717) is 6.04 Å². The molecule has 0 aliphatic carbocycles. The standard InChI is InChI=1S/C18H28N2O2/c1-5-13-6-8-14(9-7-13)16-12-15(10-11-19-16)20-17(21)22-18(2,3)4/h6-9,15-16,19H,5,10-12H2,1-4H3,(H,20,21). The second kappa shape index (κ2) is 7.14. The summed E-state index contributed by atoms with van der Waals surface area (Å²) in [5, 5.41) is 6.53. The number of amides is 1. The molecule has 0 aromatic heterocycles. The van der Waals surface area contributed by atoms with Crippen molar-refractivity contribution in [2.75, 3.05) is 6.54 Å². The third kappa shape index (κ3) is 5.02. The summed E-state index contributed by atoms with van der Waals surface area (Å²) < 4.78 is 5.34. The van der Waals surface area contributed by atoms with Gasteiger partial charge in [-0.3, -0.25) is 0 Å². The van der Waals surface area contributed by atoms with Gasteiger partial charge in [0.15, 0.2) is 0 Å². The summed E-state index contributed by atoms with van der Waals surface area (Å²) in [6.07, 6.45) is 2.56. The van der Waals surface area contributed by atoms with Gasteiger partial charge in [-0.25, -0.2) is 4.79 Å². The number of hydrogen-bond acceptors (Lipinski definition) is 3. The number of benzene rings is 1. The van der Waals surface area contributed by atoms with Crippen LogP contribution in [0.25, 0.3) is 0 Å². The molecule has 4 heteroatoms. The van der Waals surface area contributed by atoms with Crippen molar-refractivity contribution >= 4 is 6.09 Å². The molecule has 0 radical (unpaired) electrons. The van der Waals surface area contributed by atoms with Crippen LogP contribution in [0.5, 0.6) is 0 Å². The Bertz CT molecular complexity index is 491. The Balaban J connectivity index is 1.92. The summed E-state index contributed by atoms with van der Waals surface area (Å²) in [5.74, 6) is 0. The predicted molar refractivity (Wildman–Crippen MR) is 89.0 cm³/mol. The van der Waals surface area contributed by atoms with E-state index < -0.39 is 5.60 Å². The Morgan fingerprint density at radius 3 is 2.59 bits per heavy atom. The van der Waals surface area contributed by atoms with Gasteiger partial charge in [-0.1, -0.05) is 31.2 Å². The summed E-state index contributed by atoms with van der Waals surface area (Å²) in [4.78, 5) is 11.9. The Hall–Kier alpha value is -1.55. The summed E-state index contributed by atoms with van der Waals surface area (Å²) in [6.45, 7) is 8.71. The molecular weight excluding hydrogens is 276 g/mol. The maximum Gasteiger partial charge on any atom is 0.407 e. The molecule has 0 bridgehead atoms. The van der Waals surface area contributed by atoms with Crippen LogP contribution in [0.1, 0.15) is 57.7 Å². The number of rotatable bonds is 3. The van der Waals surface area contributed by atoms with Gasteiger partial charge in [-0.2, -0.15) is 0 Å². The molecule has 1 aromatic carbocycles. The number of carbonyl (C=O) groups excluding carboxylic acids is 1. The highest BCUT2D eigenvalue weighted by molar-refractivity contribution is 5.68. The fourth-order valence-electron chi connectivity index (χ4n) is 2.76. The van der Waals surface area contributed by atoms with Gasteiger partial charge < -0.3 is 15.4 Å². The zero-order valence-electron chi connectivity index (χ0n) is 14.1. The lowest BCUT2D eigenvalue weighted by Crippen LogP contribution is -2.45. The van der Waals surface area contributed by atoms with E-state index in [1.807, 2.05) is 20.8 Å². The number of piperidine rings is 1. The Kier molecular flexibility index (Phi) is 5.46. The summed E-state index contributed by atoms with van der Waals surface area (Å²) >= 11 is 0. The smallest absolute Gasteiger partial charge is 0.407 e. The van der Waals surface area contributed by atoms with Crippen molar-refractivity contribution in [2.45, 2.75) is 64.6 Å². The van der Waals surface area contributed by atoms with Gasteiger partial charge in [-0.15, -0.1) is 0 Å². The minimum Gasteiger partial charge on any atom is -0.444 e. The Morgan fingerprint density at radius 1 is 1.32 bits per heavy atom. The van der Waals surface area contributed by atoms with Crippen LogP contribution < -0.4 is 10.6 Å². The first-order valence-corrected chi connectivity index (χ1v) is 8.19. The van der Waals surface area contributed by atoms with E-state index >= 15 is 0 Å². The molecule has 0 saturated carbocycles. The summed E-state index contributed by atoms with van der Waals surface area (Å²) in [7, 11) is 0. The van der Waals surface area contributed by atoms with Crippen molar-refractivity contribution in [2.24, 2.45) is 0 Å². The number of carbonyl (C=O) groups is 1. The lowest BCUT2D eigenvalue weighted by atomic mass is 9.93. The van der Waals surface area contributed by atoms with Gasteiger partial charge in [0, 0.05) is 12.1 Å². The highest BCUT2D eigenvalue weighted by Crippen LogP contribution is 2.24. The molecule has 1 fully saturated rings. The van der Waals surface area contributed by atoms with Gasteiger partial charge in [0.2, 0.25) is 0 Å². The predicted octanol–water partition coefficient (Wildman–Crippen LogP) is 3.57. The fraction of sp³-hybridized carbons (Fsp3) is 0.611. The van der Waals surface area contributed by atoms with E-state index in [4.69, 9.17) is 4.74 Å². The number of nitrogens with one attached hydrogen (secondary N) is 2. The van der Waals surface area contributed by atoms with Crippen LogP contribution in [0.3, 0.4) is 0 Å². The molecule has 2 N–H and O–H groups in total. The van der Waals surface area contributed by atoms with Gasteiger partial charge in [0.25, 0.3) is 0 Å². The van der Waals surface area contributed by atoms with Crippen LogP contribution in [0.4, 0.5) is 4.79 Å². The van der Waals surface area contributed by atoms with Crippen LogP contribution in [0.2, 0.25) is 0 Å². The first-order chi connectivity index (χ1) is 10.4. The average Bonchev–Trinajstić information content (AvgIpc) is 2.45. The first-order valence-electron chi connectivity index (χ1n) is 8.19. The molecule has 0 spiro atoms. The topological polar surface area (TPSA) is 50.4 Å². The lowest BCUT2D eigenvalue weighted by molar-refractivity contribution is 0.0490. The molecule has 1 aliphatic heterocycles. The molecule has 4 nitrogen and oxygen atoms in total. The molecule has 2 atom stereocenters. The molecule has 1 aromatic rings. The third-order valence-corrected chi connectivity index (χ3v) is 3.91. The number of aryl methyl sites for hydroxylation is 1. The first kappa shape index (κ1) is 16.8. The highest BCUT2D eigenvalue weighted by atomic mass is 16.6. The molecule has 1 amide bonds. The minimum atomic E-state index is -0.452. The lowest BCUT2D eigenvalue weighted by Gasteiger charge is -2.32. The maximum atomic E-state index is 11.9. The van der Waals surface area contributed by atoms with Crippen molar-refractivity contribution in [1.29, 1.82) is 0 Å². The molecular formula is C18H28N2O2. The third-order valence-electron chi connectivity index (χ3n) is 3.91. The van der Waals surface area contributed by atoms with Crippen LogP contribution in [0.15, 0.2) is 24.3 Å². The summed E-state index contributed by atoms with van der Waals surface area (Å²) in [6, 6.07) is 9.19. The molecule has 122 valence electrons. The Labute approximate surface area is 133 Å². The highest BCUT2D eigenvalue weighted by Gasteiger charge is 2.25. The average molecular weight is 304 g/mol. The largest absolute Gasteiger partial charge is 0.444 e. The molecule has 1 aliphatic rings. The minimum absolute atomic E-state index is 0.159. The normalized spacial score (nSPS) is 22.2. The van der Waals surface area contributed by atoms with Crippen molar-refractivity contribution in [3.8, 4) is 0 Å². The van der Waals surface area contributed by atoms with Gasteiger partial charge in [0.05, 0.1) is 0 Å². The van der Waals surface area contributed by atoms with Crippen LogP contribution in [0, 0.1) is 0 Å². The van der Waals surface area contributed by atoms with Crippen molar-refractivity contribution in [3.05, 3.63) is 35.4 Å². The van der Waals surface area contributed by atoms with Crippen molar-refractivity contribution in [3.63, 3.8) is 0 Å². The number of hydrogen-bond donors (Lipinski definition) is 2. The van der Waals surface area contributed by atoms with E-state index in [1.165, 1.54) is 11.1 Å². The Morgan fingerprint density at radius 2 is 2.00 bits per heavy atom. The fourth-order valence-corrected chi connectivity index (χ4v) is 2.76. The van der Waals surface area contributed by atoms with Gasteiger partial charge in [0.1, 0.15) is 5.60 Å². The molecule has 2 rings (SSSR count). The second-order valence-corrected chi connectivity index (χ2v) is 6.97. The van der Waals surface area contributed by atoms with Crippen LogP contribution in [-0.4, -0.2) is 24.3 Å². The van der Waals surface area contributed by atoms with Gasteiger partial charge in [-0.05, 0) is 57.7 Å². The van der Waals surface area contributed by atoms with Crippen LogP contribution in [-0.2, 0) is 11.2 Å². The second-order valence-electron chi connectivity index (χ2n) is 6.97. The summed E-state index contributed by atoms with van der Waals surface area (Å²) in [5.41, 5.74) is 2.18.